The minimum absolute atomic E-state index is 0.277. The van der Waals surface area contributed by atoms with Crippen LogP contribution in [0.4, 0.5) is 16.0 Å². The molecule has 0 bridgehead atoms. The smallest absolute Gasteiger partial charge is 0.229 e. The van der Waals surface area contributed by atoms with Crippen molar-refractivity contribution in [3.8, 4) is 0 Å². The zero-order chi connectivity index (χ0) is 22.5. The first-order valence-corrected chi connectivity index (χ1v) is 10.6. The zero-order valence-corrected chi connectivity index (χ0v) is 17.6. The normalized spacial score (nSPS) is 16.7. The van der Waals surface area contributed by atoms with Gasteiger partial charge in [-0.1, -0.05) is 24.3 Å². The first kappa shape index (κ1) is 21.7. The summed E-state index contributed by atoms with van der Waals surface area (Å²) in [5, 5.41) is 13.2. The molecule has 1 aliphatic heterocycles. The summed E-state index contributed by atoms with van der Waals surface area (Å²) >= 11 is 0. The molecule has 0 radical (unpaired) electrons. The molecule has 0 aliphatic carbocycles. The number of nitrogens with two attached hydrogens (primary N) is 1. The van der Waals surface area contributed by atoms with E-state index >= 15 is 0 Å². The van der Waals surface area contributed by atoms with Crippen molar-refractivity contribution in [2.45, 2.75) is 24.9 Å². The summed E-state index contributed by atoms with van der Waals surface area (Å²) in [6.07, 6.45) is 4.15. The number of hydrogen-bond acceptors (Lipinski definition) is 6. The number of aliphatic hydroxyl groups is 1. The molecule has 7 nitrogen and oxygen atoms in total. The van der Waals surface area contributed by atoms with Crippen molar-refractivity contribution in [1.82, 2.24) is 9.97 Å². The van der Waals surface area contributed by atoms with Crippen molar-refractivity contribution in [2.75, 3.05) is 29.9 Å². The molecule has 3 aromatic rings. The summed E-state index contributed by atoms with van der Waals surface area (Å²) in [4.78, 5) is 23.3. The maximum atomic E-state index is 13.5. The van der Waals surface area contributed by atoms with Crippen LogP contribution >= 0.6 is 0 Å². The molecule has 1 saturated heterocycles. The summed E-state index contributed by atoms with van der Waals surface area (Å²) in [6, 6.07) is 13.7. The Morgan fingerprint density at radius 3 is 2.84 bits per heavy atom. The van der Waals surface area contributed by atoms with Crippen molar-refractivity contribution in [3.05, 3.63) is 83.4 Å². The lowest BCUT2D eigenvalue weighted by molar-refractivity contribution is -0.118. The Balaban J connectivity index is 1.64. The summed E-state index contributed by atoms with van der Waals surface area (Å²) in [7, 11) is 0. The number of anilines is 2. The molecule has 4 N–H and O–H groups in total. The molecule has 1 aromatic carbocycles. The Kier molecular flexibility index (Phi) is 6.61. The SMILES string of the molecule is NC(=O)C(c1cccnc1)c1ccc(N2CC[C@@H](O)C2)nc1NCCc1cccc(F)c1. The Morgan fingerprint density at radius 1 is 1.28 bits per heavy atom. The van der Waals surface area contributed by atoms with E-state index in [1.54, 1.807) is 24.5 Å². The van der Waals surface area contributed by atoms with Gasteiger partial charge in [0.1, 0.15) is 17.5 Å². The van der Waals surface area contributed by atoms with Crippen LogP contribution in [-0.4, -0.2) is 46.7 Å². The number of β-amino-alcohol motifs (C(OH)–C–C–N with tert-alkyl or cyclic N) is 1. The fourth-order valence-corrected chi connectivity index (χ4v) is 4.02. The van der Waals surface area contributed by atoms with Gasteiger partial charge in [0, 0.05) is 37.6 Å². The van der Waals surface area contributed by atoms with Gasteiger partial charge in [-0.05, 0) is 48.2 Å². The minimum Gasteiger partial charge on any atom is -0.391 e. The van der Waals surface area contributed by atoms with Gasteiger partial charge in [-0.15, -0.1) is 0 Å². The van der Waals surface area contributed by atoms with E-state index in [2.05, 4.69) is 10.3 Å². The van der Waals surface area contributed by atoms with Crippen LogP contribution in [-0.2, 0) is 11.2 Å². The van der Waals surface area contributed by atoms with Gasteiger partial charge in [-0.3, -0.25) is 9.78 Å². The van der Waals surface area contributed by atoms with E-state index < -0.39 is 11.8 Å². The topological polar surface area (TPSA) is 104 Å². The molecular formula is C24H26FN5O2. The first-order chi connectivity index (χ1) is 15.5. The molecule has 3 heterocycles. The zero-order valence-electron chi connectivity index (χ0n) is 17.6. The highest BCUT2D eigenvalue weighted by Gasteiger charge is 2.27. The van der Waals surface area contributed by atoms with Gasteiger partial charge in [-0.25, -0.2) is 9.37 Å². The van der Waals surface area contributed by atoms with Crippen LogP contribution in [0.2, 0.25) is 0 Å². The highest BCUT2D eigenvalue weighted by molar-refractivity contribution is 5.87. The molecule has 1 unspecified atom stereocenters. The number of halogens is 1. The molecule has 0 spiro atoms. The van der Waals surface area contributed by atoms with Crippen LogP contribution in [0.5, 0.6) is 0 Å². The molecule has 166 valence electrons. The van der Waals surface area contributed by atoms with Crippen LogP contribution in [0.25, 0.3) is 0 Å². The van der Waals surface area contributed by atoms with Gasteiger partial charge < -0.3 is 21.1 Å². The third-order valence-corrected chi connectivity index (χ3v) is 5.61. The van der Waals surface area contributed by atoms with E-state index in [9.17, 15) is 14.3 Å². The molecule has 1 fully saturated rings. The monoisotopic (exact) mass is 435 g/mol. The fourth-order valence-electron chi connectivity index (χ4n) is 4.02. The Morgan fingerprint density at radius 2 is 2.16 bits per heavy atom. The number of rotatable bonds is 8. The number of aromatic nitrogens is 2. The number of benzene rings is 1. The average Bonchev–Trinajstić information content (AvgIpc) is 3.22. The number of nitrogens with one attached hydrogen (secondary N) is 1. The molecule has 2 atom stereocenters. The third-order valence-electron chi connectivity index (χ3n) is 5.61. The molecule has 32 heavy (non-hydrogen) atoms. The Hall–Kier alpha value is -3.52. The second-order valence-electron chi connectivity index (χ2n) is 7.92. The predicted octanol–water partition coefficient (Wildman–Crippen LogP) is 2.46. The number of primary amides is 1. The average molecular weight is 436 g/mol. The van der Waals surface area contributed by atoms with Crippen molar-refractivity contribution in [1.29, 1.82) is 0 Å². The lowest BCUT2D eigenvalue weighted by Gasteiger charge is -2.22. The largest absolute Gasteiger partial charge is 0.391 e. The van der Waals surface area contributed by atoms with Crippen molar-refractivity contribution in [2.24, 2.45) is 5.73 Å². The first-order valence-electron chi connectivity index (χ1n) is 10.6. The van der Waals surface area contributed by atoms with Crippen LogP contribution in [0.15, 0.2) is 60.9 Å². The fraction of sp³-hybridized carbons (Fsp3) is 0.292. The van der Waals surface area contributed by atoms with Gasteiger partial charge in [0.25, 0.3) is 0 Å². The number of pyridine rings is 2. The minimum atomic E-state index is -0.717. The van der Waals surface area contributed by atoms with Crippen LogP contribution < -0.4 is 16.0 Å². The number of nitrogens with zero attached hydrogens (tertiary/aromatic N) is 3. The van der Waals surface area contributed by atoms with E-state index in [1.807, 2.05) is 29.2 Å². The summed E-state index contributed by atoms with van der Waals surface area (Å²) in [5.41, 5.74) is 7.96. The van der Waals surface area contributed by atoms with E-state index in [4.69, 9.17) is 10.7 Å². The second-order valence-corrected chi connectivity index (χ2v) is 7.92. The van der Waals surface area contributed by atoms with Crippen LogP contribution in [0, 0.1) is 5.82 Å². The quantitative estimate of drug-likeness (QED) is 0.502. The summed E-state index contributed by atoms with van der Waals surface area (Å²) < 4.78 is 13.5. The molecule has 1 amide bonds. The molecule has 8 heteroatoms. The van der Waals surface area contributed by atoms with Crippen molar-refractivity contribution >= 4 is 17.5 Å². The van der Waals surface area contributed by atoms with Gasteiger partial charge in [0.2, 0.25) is 5.91 Å². The van der Waals surface area contributed by atoms with Crippen LogP contribution in [0.3, 0.4) is 0 Å². The number of carbonyl (C=O) groups excluding carboxylic acids is 1. The molecule has 2 aromatic heterocycles. The molecule has 0 saturated carbocycles. The van der Waals surface area contributed by atoms with E-state index in [1.165, 1.54) is 12.1 Å². The second kappa shape index (κ2) is 9.74. The van der Waals surface area contributed by atoms with Crippen molar-refractivity contribution < 1.29 is 14.3 Å². The number of hydrogen-bond donors (Lipinski definition) is 3. The summed E-state index contributed by atoms with van der Waals surface area (Å²) in [5.74, 6) is -0.245. The van der Waals surface area contributed by atoms with Gasteiger partial charge in [0.05, 0.1) is 12.0 Å². The van der Waals surface area contributed by atoms with E-state index in [-0.39, 0.29) is 11.9 Å². The predicted molar refractivity (Wildman–Crippen MR) is 121 cm³/mol. The lowest BCUT2D eigenvalue weighted by atomic mass is 9.92. The molecule has 1 aliphatic rings. The maximum absolute atomic E-state index is 13.5. The summed E-state index contributed by atoms with van der Waals surface area (Å²) in [6.45, 7) is 1.71. The van der Waals surface area contributed by atoms with Gasteiger partial charge in [0.15, 0.2) is 0 Å². The third kappa shape index (κ3) is 5.03. The number of carbonyl (C=O) groups is 1. The standard InChI is InChI=1S/C24H26FN5O2/c25-18-5-1-3-16(13-18)8-11-28-24-20(22(23(26)32)17-4-2-10-27-14-17)6-7-21(29-24)30-12-9-19(31)15-30/h1-7,10,13-14,19,22,31H,8-9,11-12,15H2,(H2,26,32)(H,28,29)/t19-,22?/m1/s1. The van der Waals surface area contributed by atoms with E-state index in [0.717, 1.165) is 5.56 Å². The molecule has 4 rings (SSSR count). The highest BCUT2D eigenvalue weighted by atomic mass is 19.1. The van der Waals surface area contributed by atoms with Gasteiger partial charge in [-0.2, -0.15) is 0 Å². The molecular weight excluding hydrogens is 409 g/mol. The van der Waals surface area contributed by atoms with Gasteiger partial charge >= 0.3 is 0 Å². The van der Waals surface area contributed by atoms with Crippen LogP contribution in [0.1, 0.15) is 29.0 Å². The Labute approximate surface area is 186 Å². The number of amides is 1. The Bertz CT molecular complexity index is 1080. The highest BCUT2D eigenvalue weighted by Crippen LogP contribution is 2.31. The van der Waals surface area contributed by atoms with E-state index in [0.29, 0.717) is 55.2 Å². The maximum Gasteiger partial charge on any atom is 0.229 e. The van der Waals surface area contributed by atoms with Crippen molar-refractivity contribution in [3.63, 3.8) is 0 Å². The number of aliphatic hydroxyl groups excluding tert-OH is 1. The lowest BCUT2D eigenvalue weighted by Crippen LogP contribution is -2.26.